The van der Waals surface area contributed by atoms with E-state index in [1.807, 2.05) is 13.0 Å². The maximum Gasteiger partial charge on any atom is 0.240 e. The maximum absolute atomic E-state index is 13.0. The van der Waals surface area contributed by atoms with Crippen molar-refractivity contribution in [1.29, 1.82) is 0 Å². The molecule has 2 atom stereocenters. The van der Waals surface area contributed by atoms with Crippen LogP contribution < -0.4 is 10.0 Å². The number of hydrogen-bond acceptors (Lipinski definition) is 3. The molecule has 0 radical (unpaired) electrons. The van der Waals surface area contributed by atoms with Crippen LogP contribution in [0.3, 0.4) is 0 Å². The van der Waals surface area contributed by atoms with Crippen molar-refractivity contribution in [1.82, 2.24) is 10.0 Å². The summed E-state index contributed by atoms with van der Waals surface area (Å²) in [7, 11) is -3.53. The fourth-order valence-electron chi connectivity index (χ4n) is 2.21. The number of aryl methyl sites for hydroxylation is 2. The summed E-state index contributed by atoms with van der Waals surface area (Å²) in [5.74, 6) is 0. The normalized spacial score (nSPS) is 22.6. The lowest BCUT2D eigenvalue weighted by Gasteiger charge is -2.13. The van der Waals surface area contributed by atoms with Gasteiger partial charge in [-0.1, -0.05) is 12.1 Å². The smallest absolute Gasteiger partial charge is 0.240 e. The molecule has 2 N–H and O–H groups in total. The van der Waals surface area contributed by atoms with Crippen molar-refractivity contribution in [3.8, 4) is 0 Å². The zero-order valence-corrected chi connectivity index (χ0v) is 13.2. The van der Waals surface area contributed by atoms with Crippen LogP contribution in [0.25, 0.3) is 0 Å². The highest BCUT2D eigenvalue weighted by molar-refractivity contribution is 7.89. The van der Waals surface area contributed by atoms with Crippen LogP contribution in [0, 0.1) is 13.8 Å². The van der Waals surface area contributed by atoms with E-state index in [-0.39, 0.29) is 25.0 Å². The van der Waals surface area contributed by atoms with Crippen molar-refractivity contribution in [3.05, 3.63) is 29.3 Å². The highest BCUT2D eigenvalue weighted by Gasteiger charge is 2.25. The van der Waals surface area contributed by atoms with Gasteiger partial charge >= 0.3 is 0 Å². The summed E-state index contributed by atoms with van der Waals surface area (Å²) < 4.78 is 40.0. The zero-order valence-electron chi connectivity index (χ0n) is 11.5. The Labute approximate surface area is 125 Å². The van der Waals surface area contributed by atoms with E-state index in [1.165, 1.54) is 0 Å². The summed E-state index contributed by atoms with van der Waals surface area (Å²) in [5.41, 5.74) is 1.61. The van der Waals surface area contributed by atoms with E-state index in [0.29, 0.717) is 23.4 Å². The largest absolute Gasteiger partial charge is 0.310 e. The first-order valence-corrected chi connectivity index (χ1v) is 7.81. The van der Waals surface area contributed by atoms with Gasteiger partial charge in [0.25, 0.3) is 0 Å². The first-order valence-electron chi connectivity index (χ1n) is 6.33. The lowest BCUT2D eigenvalue weighted by molar-refractivity contribution is 0.355. The summed E-state index contributed by atoms with van der Waals surface area (Å²) in [6.45, 7) is 4.14. The molecule has 1 fully saturated rings. The van der Waals surface area contributed by atoms with Gasteiger partial charge in [-0.3, -0.25) is 0 Å². The fourth-order valence-corrected chi connectivity index (χ4v) is 3.62. The molecule has 0 saturated carbocycles. The van der Waals surface area contributed by atoms with Gasteiger partial charge in [0.1, 0.15) is 6.17 Å². The number of halogens is 2. The molecule has 2 rings (SSSR count). The van der Waals surface area contributed by atoms with Crippen LogP contribution in [0.4, 0.5) is 4.39 Å². The lowest BCUT2D eigenvalue weighted by atomic mass is 10.2. The lowest BCUT2D eigenvalue weighted by Crippen LogP contribution is -2.37. The van der Waals surface area contributed by atoms with E-state index >= 15 is 0 Å². The molecule has 0 bridgehead atoms. The highest BCUT2D eigenvalue weighted by atomic mass is 35.5. The third kappa shape index (κ3) is 4.15. The minimum atomic E-state index is -3.53. The van der Waals surface area contributed by atoms with Crippen molar-refractivity contribution in [2.45, 2.75) is 37.4 Å². The predicted octanol–water partition coefficient (Wildman–Crippen LogP) is 1.70. The molecule has 0 spiro atoms. The Balaban J connectivity index is 0.00000200. The monoisotopic (exact) mass is 322 g/mol. The Morgan fingerprint density at radius 3 is 2.70 bits per heavy atom. The molecule has 7 heteroatoms. The van der Waals surface area contributed by atoms with Gasteiger partial charge in [-0.05, 0) is 37.5 Å². The molecule has 0 aromatic heterocycles. The van der Waals surface area contributed by atoms with Gasteiger partial charge in [-0.25, -0.2) is 17.5 Å². The Kier molecular flexibility index (Phi) is 5.94. The second-order valence-corrected chi connectivity index (χ2v) is 6.79. The third-order valence-electron chi connectivity index (χ3n) is 3.32. The van der Waals surface area contributed by atoms with Gasteiger partial charge in [0, 0.05) is 19.1 Å². The molecule has 1 aromatic carbocycles. The molecule has 4 nitrogen and oxygen atoms in total. The first kappa shape index (κ1) is 17.4. The molecule has 0 aliphatic carbocycles. The Morgan fingerprint density at radius 1 is 1.40 bits per heavy atom. The van der Waals surface area contributed by atoms with Gasteiger partial charge < -0.3 is 5.32 Å². The molecule has 0 unspecified atom stereocenters. The number of sulfonamides is 1. The molecule has 1 heterocycles. The molecule has 20 heavy (non-hydrogen) atoms. The van der Waals surface area contributed by atoms with Crippen molar-refractivity contribution in [2.75, 3.05) is 13.1 Å². The molecule has 1 saturated heterocycles. The Morgan fingerprint density at radius 2 is 2.10 bits per heavy atom. The number of benzene rings is 1. The molecule has 114 valence electrons. The van der Waals surface area contributed by atoms with Crippen molar-refractivity contribution >= 4 is 22.4 Å². The van der Waals surface area contributed by atoms with E-state index in [0.717, 1.165) is 5.56 Å². The highest BCUT2D eigenvalue weighted by Crippen LogP contribution is 2.17. The number of hydrogen-bond donors (Lipinski definition) is 2. The summed E-state index contributed by atoms with van der Waals surface area (Å²) in [4.78, 5) is 0.294. The average Bonchev–Trinajstić information content (AvgIpc) is 2.76. The first-order chi connectivity index (χ1) is 8.88. The van der Waals surface area contributed by atoms with Crippen molar-refractivity contribution < 1.29 is 12.8 Å². The van der Waals surface area contributed by atoms with Crippen LogP contribution in [-0.2, 0) is 10.0 Å². The molecule has 1 aliphatic rings. The molecule has 1 aromatic rings. The van der Waals surface area contributed by atoms with Gasteiger partial charge in [-0.2, -0.15) is 0 Å². The molecular formula is C13H20ClFN2O2S. The van der Waals surface area contributed by atoms with Crippen molar-refractivity contribution in [3.63, 3.8) is 0 Å². The van der Waals surface area contributed by atoms with Gasteiger partial charge in [-0.15, -0.1) is 12.4 Å². The van der Waals surface area contributed by atoms with Crippen LogP contribution in [0.5, 0.6) is 0 Å². The van der Waals surface area contributed by atoms with Crippen molar-refractivity contribution in [2.24, 2.45) is 0 Å². The second kappa shape index (κ2) is 6.85. The second-order valence-electron chi connectivity index (χ2n) is 5.06. The van der Waals surface area contributed by atoms with E-state index in [4.69, 9.17) is 0 Å². The SMILES string of the molecule is Cc1ccc(C)c(S(=O)(=O)NC[C@@H]2C[C@H](F)CN2)c1.Cl. The third-order valence-corrected chi connectivity index (χ3v) is 4.89. The predicted molar refractivity (Wildman–Crippen MR) is 79.7 cm³/mol. The van der Waals surface area contributed by atoms with E-state index in [2.05, 4.69) is 10.0 Å². The van der Waals surface area contributed by atoms with E-state index in [9.17, 15) is 12.8 Å². The zero-order chi connectivity index (χ0) is 14.0. The summed E-state index contributed by atoms with van der Waals surface area (Å²) in [6.07, 6.45) is -0.523. The molecule has 1 aliphatic heterocycles. The van der Waals surface area contributed by atoms with Gasteiger partial charge in [0.15, 0.2) is 0 Å². The molecule has 0 amide bonds. The quantitative estimate of drug-likeness (QED) is 0.887. The van der Waals surface area contributed by atoms with Crippen LogP contribution in [0.15, 0.2) is 23.1 Å². The fraction of sp³-hybridized carbons (Fsp3) is 0.538. The summed E-state index contributed by atoms with van der Waals surface area (Å²) in [6, 6.07) is 5.18. The van der Waals surface area contributed by atoms with Crippen LogP contribution in [-0.4, -0.2) is 33.7 Å². The van der Waals surface area contributed by atoms with Gasteiger partial charge in [0.2, 0.25) is 10.0 Å². The average molecular weight is 323 g/mol. The van der Waals surface area contributed by atoms with Gasteiger partial charge in [0.05, 0.1) is 4.90 Å². The maximum atomic E-state index is 13.0. The van der Waals surface area contributed by atoms with E-state index < -0.39 is 16.2 Å². The van der Waals surface area contributed by atoms with Crippen LogP contribution >= 0.6 is 12.4 Å². The minimum absolute atomic E-state index is 0. The Bertz CT molecular complexity index is 565. The number of rotatable bonds is 4. The summed E-state index contributed by atoms with van der Waals surface area (Å²) >= 11 is 0. The van der Waals surface area contributed by atoms with Crippen LogP contribution in [0.2, 0.25) is 0 Å². The standard InChI is InChI=1S/C13H19FN2O2S.ClH/c1-9-3-4-10(2)13(5-9)19(17,18)16-8-12-6-11(14)7-15-12;/h3-5,11-12,15-16H,6-8H2,1-2H3;1H/t11-,12-;/m0./s1. The minimum Gasteiger partial charge on any atom is -0.310 e. The number of alkyl halides is 1. The van der Waals surface area contributed by atoms with Crippen LogP contribution in [0.1, 0.15) is 17.5 Å². The van der Waals surface area contributed by atoms with E-state index in [1.54, 1.807) is 19.1 Å². The number of nitrogens with one attached hydrogen (secondary N) is 2. The Hall–Kier alpha value is -0.690. The topological polar surface area (TPSA) is 58.2 Å². The molecular weight excluding hydrogens is 303 g/mol. The summed E-state index contributed by atoms with van der Waals surface area (Å²) in [5, 5.41) is 2.95.